The van der Waals surface area contributed by atoms with Crippen LogP contribution in [0.3, 0.4) is 0 Å². The second-order valence-electron chi connectivity index (χ2n) is 5.68. The molecule has 0 aliphatic rings. The summed E-state index contributed by atoms with van der Waals surface area (Å²) in [5, 5.41) is 2.16. The minimum atomic E-state index is -0.406. The van der Waals surface area contributed by atoms with E-state index in [1.807, 2.05) is 57.2 Å². The van der Waals surface area contributed by atoms with Gasteiger partial charge in [-0.3, -0.25) is 4.79 Å². The van der Waals surface area contributed by atoms with Crippen LogP contribution >= 0.6 is 0 Å². The molecule has 0 spiro atoms. The summed E-state index contributed by atoms with van der Waals surface area (Å²) in [7, 11) is 0. The monoisotopic (exact) mass is 252 g/mol. The second kappa shape index (κ2) is 5.00. The molecule has 0 unspecified atom stereocenters. The van der Waals surface area contributed by atoms with Crippen molar-refractivity contribution in [2.45, 2.75) is 27.2 Å². The highest BCUT2D eigenvalue weighted by Gasteiger charge is 2.29. The van der Waals surface area contributed by atoms with Crippen LogP contribution in [-0.4, -0.2) is 5.78 Å². The third kappa shape index (κ3) is 2.46. The summed E-state index contributed by atoms with van der Waals surface area (Å²) >= 11 is 0. The Balaban J connectivity index is 2.65. The molecule has 0 aliphatic carbocycles. The van der Waals surface area contributed by atoms with Gasteiger partial charge in [0.1, 0.15) is 0 Å². The largest absolute Gasteiger partial charge is 0.294 e. The molecule has 1 heteroatoms. The molecule has 0 saturated heterocycles. The standard InChI is InChI=1S/C18H20O/c1-5-12-18(3,4)17(19)16-13(2)10-11-14-8-6-7-9-15(14)16/h5-11H,1,12H2,2-4H3. The first kappa shape index (κ1) is 13.5. The number of Topliss-reactive ketones (excluding diaryl/α,β-unsaturated/α-hetero) is 1. The van der Waals surface area contributed by atoms with Crippen molar-refractivity contribution in [1.29, 1.82) is 0 Å². The molecule has 0 amide bonds. The summed E-state index contributed by atoms with van der Waals surface area (Å²) in [6.45, 7) is 9.73. The zero-order valence-corrected chi connectivity index (χ0v) is 11.9. The number of hydrogen-bond acceptors (Lipinski definition) is 1. The molecule has 0 aliphatic heterocycles. The summed E-state index contributed by atoms with van der Waals surface area (Å²) < 4.78 is 0. The molecule has 0 aromatic heterocycles. The van der Waals surface area contributed by atoms with Gasteiger partial charge in [-0.15, -0.1) is 6.58 Å². The van der Waals surface area contributed by atoms with E-state index < -0.39 is 5.41 Å². The SMILES string of the molecule is C=CCC(C)(C)C(=O)c1c(C)ccc2ccccc12. The van der Waals surface area contributed by atoms with Crippen molar-refractivity contribution in [2.24, 2.45) is 5.41 Å². The van der Waals surface area contributed by atoms with Crippen LogP contribution in [-0.2, 0) is 0 Å². The summed E-state index contributed by atoms with van der Waals surface area (Å²) in [4.78, 5) is 12.8. The van der Waals surface area contributed by atoms with Gasteiger partial charge in [0.15, 0.2) is 5.78 Å². The molecule has 2 aromatic rings. The fourth-order valence-corrected chi connectivity index (χ4v) is 2.47. The van der Waals surface area contributed by atoms with Gasteiger partial charge >= 0.3 is 0 Å². The van der Waals surface area contributed by atoms with E-state index in [0.717, 1.165) is 21.9 Å². The van der Waals surface area contributed by atoms with Gasteiger partial charge in [0.05, 0.1) is 0 Å². The quantitative estimate of drug-likeness (QED) is 0.557. The predicted octanol–water partition coefficient (Wildman–Crippen LogP) is 4.93. The minimum Gasteiger partial charge on any atom is -0.294 e. The van der Waals surface area contributed by atoms with Crippen molar-refractivity contribution in [3.05, 3.63) is 60.2 Å². The lowest BCUT2D eigenvalue weighted by molar-refractivity contribution is 0.0842. The number of carbonyl (C=O) groups excluding carboxylic acids is 1. The number of hydrogen-bond donors (Lipinski definition) is 0. The van der Waals surface area contributed by atoms with Crippen molar-refractivity contribution in [3.8, 4) is 0 Å². The molecule has 0 atom stereocenters. The van der Waals surface area contributed by atoms with Crippen LogP contribution < -0.4 is 0 Å². The third-order valence-electron chi connectivity index (χ3n) is 3.63. The van der Waals surface area contributed by atoms with Gasteiger partial charge in [-0.1, -0.05) is 56.3 Å². The number of aryl methyl sites for hydroxylation is 1. The molecule has 0 saturated carbocycles. The molecular formula is C18H20O. The van der Waals surface area contributed by atoms with Crippen LogP contribution in [0, 0.1) is 12.3 Å². The summed E-state index contributed by atoms with van der Waals surface area (Å²) in [6.07, 6.45) is 2.51. The Hall–Kier alpha value is -1.89. The van der Waals surface area contributed by atoms with Crippen molar-refractivity contribution in [1.82, 2.24) is 0 Å². The predicted molar refractivity (Wildman–Crippen MR) is 81.6 cm³/mol. The maximum Gasteiger partial charge on any atom is 0.169 e. The van der Waals surface area contributed by atoms with E-state index in [4.69, 9.17) is 0 Å². The van der Waals surface area contributed by atoms with Crippen LogP contribution in [0.2, 0.25) is 0 Å². The molecule has 0 radical (unpaired) electrons. The highest BCUT2D eigenvalue weighted by molar-refractivity contribution is 6.11. The fourth-order valence-electron chi connectivity index (χ4n) is 2.47. The Morgan fingerprint density at radius 3 is 2.58 bits per heavy atom. The number of allylic oxidation sites excluding steroid dienone is 1. The molecule has 0 bridgehead atoms. The third-order valence-corrected chi connectivity index (χ3v) is 3.63. The topological polar surface area (TPSA) is 17.1 Å². The first-order chi connectivity index (χ1) is 8.97. The molecule has 98 valence electrons. The Labute approximate surface area is 115 Å². The minimum absolute atomic E-state index is 0.196. The van der Waals surface area contributed by atoms with E-state index >= 15 is 0 Å². The lowest BCUT2D eigenvalue weighted by Gasteiger charge is -2.23. The van der Waals surface area contributed by atoms with Crippen molar-refractivity contribution >= 4 is 16.6 Å². The van der Waals surface area contributed by atoms with Crippen LogP contribution in [0.4, 0.5) is 0 Å². The summed E-state index contributed by atoms with van der Waals surface area (Å²) in [6, 6.07) is 12.2. The maximum atomic E-state index is 12.8. The van der Waals surface area contributed by atoms with Gasteiger partial charge in [0.25, 0.3) is 0 Å². The zero-order valence-electron chi connectivity index (χ0n) is 11.9. The van der Waals surface area contributed by atoms with E-state index in [9.17, 15) is 4.79 Å². The van der Waals surface area contributed by atoms with Crippen LogP contribution in [0.5, 0.6) is 0 Å². The van der Waals surface area contributed by atoms with Crippen molar-refractivity contribution in [2.75, 3.05) is 0 Å². The van der Waals surface area contributed by atoms with Crippen molar-refractivity contribution < 1.29 is 4.79 Å². The van der Waals surface area contributed by atoms with Crippen molar-refractivity contribution in [3.63, 3.8) is 0 Å². The van der Waals surface area contributed by atoms with Gasteiger partial charge in [0.2, 0.25) is 0 Å². The first-order valence-electron chi connectivity index (χ1n) is 6.61. The van der Waals surface area contributed by atoms with Gasteiger partial charge in [-0.2, -0.15) is 0 Å². The Morgan fingerprint density at radius 1 is 1.21 bits per heavy atom. The second-order valence-corrected chi connectivity index (χ2v) is 5.68. The Bertz CT molecular complexity index is 635. The molecule has 19 heavy (non-hydrogen) atoms. The zero-order chi connectivity index (χ0) is 14.0. The highest BCUT2D eigenvalue weighted by atomic mass is 16.1. The van der Waals surface area contributed by atoms with Crippen LogP contribution in [0.25, 0.3) is 10.8 Å². The number of fused-ring (bicyclic) bond motifs is 1. The number of benzene rings is 2. The molecular weight excluding hydrogens is 232 g/mol. The van der Waals surface area contributed by atoms with E-state index in [-0.39, 0.29) is 5.78 Å². The van der Waals surface area contributed by atoms with E-state index in [1.165, 1.54) is 0 Å². The number of ketones is 1. The van der Waals surface area contributed by atoms with Gasteiger partial charge in [-0.05, 0) is 29.7 Å². The van der Waals surface area contributed by atoms with Gasteiger partial charge in [0, 0.05) is 11.0 Å². The fraction of sp³-hybridized carbons (Fsp3) is 0.278. The summed E-state index contributed by atoms with van der Waals surface area (Å²) in [5.41, 5.74) is 1.49. The van der Waals surface area contributed by atoms with Gasteiger partial charge < -0.3 is 0 Å². The molecule has 0 fully saturated rings. The molecule has 1 nitrogen and oxygen atoms in total. The average Bonchev–Trinajstić information content (AvgIpc) is 2.38. The van der Waals surface area contributed by atoms with Crippen LogP contribution in [0.1, 0.15) is 36.2 Å². The Kier molecular flexibility index (Phi) is 3.57. The van der Waals surface area contributed by atoms with E-state index in [1.54, 1.807) is 0 Å². The van der Waals surface area contributed by atoms with E-state index in [2.05, 4.69) is 12.6 Å². The van der Waals surface area contributed by atoms with Crippen LogP contribution in [0.15, 0.2) is 49.1 Å². The number of carbonyl (C=O) groups is 1. The lowest BCUT2D eigenvalue weighted by Crippen LogP contribution is -2.24. The maximum absolute atomic E-state index is 12.8. The normalized spacial score (nSPS) is 11.5. The number of rotatable bonds is 4. The highest BCUT2D eigenvalue weighted by Crippen LogP contribution is 2.32. The molecule has 2 aromatic carbocycles. The van der Waals surface area contributed by atoms with Gasteiger partial charge in [-0.25, -0.2) is 0 Å². The molecule has 0 heterocycles. The molecule has 0 N–H and O–H groups in total. The Morgan fingerprint density at radius 2 is 1.89 bits per heavy atom. The molecule has 2 rings (SSSR count). The first-order valence-corrected chi connectivity index (χ1v) is 6.61. The lowest BCUT2D eigenvalue weighted by atomic mass is 9.79. The van der Waals surface area contributed by atoms with E-state index in [0.29, 0.717) is 6.42 Å². The average molecular weight is 252 g/mol. The smallest absolute Gasteiger partial charge is 0.169 e. The summed E-state index contributed by atoms with van der Waals surface area (Å²) in [5.74, 6) is 0.196.